The number of benzene rings is 2. The minimum atomic E-state index is -3.94. The zero-order chi connectivity index (χ0) is 22.0. The van der Waals surface area contributed by atoms with E-state index in [1.807, 2.05) is 11.8 Å². The van der Waals surface area contributed by atoms with Crippen molar-refractivity contribution in [2.75, 3.05) is 24.6 Å². The van der Waals surface area contributed by atoms with Gasteiger partial charge in [-0.1, -0.05) is 6.92 Å². The van der Waals surface area contributed by atoms with Crippen molar-refractivity contribution in [2.45, 2.75) is 36.6 Å². The molecule has 3 aromatic rings. The third kappa shape index (κ3) is 4.44. The Kier molecular flexibility index (Phi) is 6.00. The topological polar surface area (TPSA) is 72.6 Å². The summed E-state index contributed by atoms with van der Waals surface area (Å²) in [6.07, 6.45) is 1.88. The van der Waals surface area contributed by atoms with E-state index >= 15 is 0 Å². The number of hydrogen-bond acceptors (Lipinski definition) is 6. The Morgan fingerprint density at radius 3 is 2.35 bits per heavy atom. The van der Waals surface area contributed by atoms with Gasteiger partial charge in [0, 0.05) is 18.7 Å². The molecule has 164 valence electrons. The van der Waals surface area contributed by atoms with Crippen LogP contribution in [-0.4, -0.2) is 33.1 Å². The van der Waals surface area contributed by atoms with Crippen molar-refractivity contribution in [3.8, 4) is 17.2 Å². The lowest BCUT2D eigenvalue weighted by Gasteiger charge is -2.30. The summed E-state index contributed by atoms with van der Waals surface area (Å²) in [4.78, 5) is 6.41. The van der Waals surface area contributed by atoms with Crippen LogP contribution in [0, 0.1) is 11.7 Å². The Hall–Kier alpha value is -2.87. The molecule has 4 rings (SSSR count). The Morgan fingerprint density at radius 1 is 1.10 bits per heavy atom. The van der Waals surface area contributed by atoms with E-state index in [1.165, 1.54) is 36.4 Å². The van der Waals surface area contributed by atoms with Crippen molar-refractivity contribution in [3.63, 3.8) is 0 Å². The molecule has 0 unspecified atom stereocenters. The molecule has 0 N–H and O–H groups in total. The van der Waals surface area contributed by atoms with Crippen molar-refractivity contribution in [2.24, 2.45) is 5.92 Å². The average molecular weight is 445 g/mol. The zero-order valence-corrected chi connectivity index (χ0v) is 18.4. The molecule has 0 atom stereocenters. The molecule has 6 nitrogen and oxygen atoms in total. The number of anilines is 1. The first-order chi connectivity index (χ1) is 14.9. The molecule has 31 heavy (non-hydrogen) atoms. The van der Waals surface area contributed by atoms with Gasteiger partial charge in [-0.15, -0.1) is 0 Å². The van der Waals surface area contributed by atoms with Crippen LogP contribution in [0.25, 0.3) is 11.5 Å². The number of sulfone groups is 1. The van der Waals surface area contributed by atoms with Gasteiger partial charge in [0.15, 0.2) is 0 Å². The molecule has 8 heteroatoms. The number of aromatic nitrogens is 1. The predicted octanol–water partition coefficient (Wildman–Crippen LogP) is 4.95. The van der Waals surface area contributed by atoms with Crippen LogP contribution in [0.2, 0.25) is 0 Å². The van der Waals surface area contributed by atoms with Gasteiger partial charge in [0.2, 0.25) is 26.6 Å². The van der Waals surface area contributed by atoms with Crippen LogP contribution < -0.4 is 9.64 Å². The van der Waals surface area contributed by atoms with E-state index in [0.717, 1.165) is 12.8 Å². The summed E-state index contributed by atoms with van der Waals surface area (Å²) in [7, 11) is -3.94. The third-order valence-electron chi connectivity index (χ3n) is 5.44. The lowest BCUT2D eigenvalue weighted by molar-refractivity contribution is 0.340. The highest BCUT2D eigenvalue weighted by molar-refractivity contribution is 7.91. The molecule has 0 saturated carbocycles. The lowest BCUT2D eigenvalue weighted by Crippen LogP contribution is -2.33. The van der Waals surface area contributed by atoms with Crippen molar-refractivity contribution < 1.29 is 22.0 Å². The molecule has 0 aliphatic carbocycles. The van der Waals surface area contributed by atoms with Gasteiger partial charge < -0.3 is 14.1 Å². The highest BCUT2D eigenvalue weighted by atomic mass is 32.2. The van der Waals surface area contributed by atoms with Gasteiger partial charge in [0.25, 0.3) is 0 Å². The van der Waals surface area contributed by atoms with Crippen LogP contribution >= 0.6 is 0 Å². The standard InChI is InChI=1S/C23H25FN2O4S/c1-3-29-19-8-10-20(11-9-19)31(27,28)22-23(26-14-12-16(2)13-15-26)30-21(25-22)17-4-6-18(24)7-5-17/h4-11,16H,3,12-15H2,1-2H3. The van der Waals surface area contributed by atoms with Crippen molar-refractivity contribution in [1.29, 1.82) is 0 Å². The largest absolute Gasteiger partial charge is 0.494 e. The van der Waals surface area contributed by atoms with Gasteiger partial charge in [-0.2, -0.15) is 4.98 Å². The Balaban J connectivity index is 1.77. The quantitative estimate of drug-likeness (QED) is 0.536. The monoisotopic (exact) mass is 444 g/mol. The smallest absolute Gasteiger partial charge is 0.236 e. The predicted molar refractivity (Wildman–Crippen MR) is 116 cm³/mol. The van der Waals surface area contributed by atoms with Crippen LogP contribution in [0.15, 0.2) is 62.9 Å². The lowest BCUT2D eigenvalue weighted by atomic mass is 9.99. The molecule has 1 aromatic heterocycles. The Bertz CT molecular complexity index is 1130. The summed E-state index contributed by atoms with van der Waals surface area (Å²) in [5.74, 6) is 1.17. The van der Waals surface area contributed by atoms with Gasteiger partial charge in [-0.3, -0.25) is 0 Å². The summed E-state index contributed by atoms with van der Waals surface area (Å²) in [5, 5.41) is -0.120. The fourth-order valence-corrected chi connectivity index (χ4v) is 4.92. The molecule has 1 fully saturated rings. The van der Waals surface area contributed by atoms with E-state index in [1.54, 1.807) is 12.1 Å². The van der Waals surface area contributed by atoms with Crippen LogP contribution in [0.1, 0.15) is 26.7 Å². The maximum Gasteiger partial charge on any atom is 0.236 e. The van der Waals surface area contributed by atoms with Crippen LogP contribution in [0.4, 0.5) is 10.3 Å². The van der Waals surface area contributed by atoms with Crippen molar-refractivity contribution in [1.82, 2.24) is 4.98 Å². The molecule has 2 heterocycles. The van der Waals surface area contributed by atoms with E-state index in [4.69, 9.17) is 9.15 Å². The first-order valence-corrected chi connectivity index (χ1v) is 11.9. The fourth-order valence-electron chi connectivity index (χ4n) is 3.59. The van der Waals surface area contributed by atoms with Crippen LogP contribution in [0.5, 0.6) is 5.75 Å². The zero-order valence-electron chi connectivity index (χ0n) is 17.5. The molecule has 2 aromatic carbocycles. The number of ether oxygens (including phenoxy) is 1. The van der Waals surface area contributed by atoms with E-state index in [9.17, 15) is 12.8 Å². The first-order valence-electron chi connectivity index (χ1n) is 10.4. The number of rotatable bonds is 6. The Labute approximate surface area is 181 Å². The maximum absolute atomic E-state index is 13.5. The van der Waals surface area contributed by atoms with E-state index < -0.39 is 9.84 Å². The minimum absolute atomic E-state index is 0.113. The van der Waals surface area contributed by atoms with Gasteiger partial charge in [-0.05, 0) is 74.2 Å². The fraction of sp³-hybridized carbons (Fsp3) is 0.348. The second-order valence-electron chi connectivity index (χ2n) is 7.71. The number of oxazole rings is 1. The number of halogens is 1. The first kappa shape index (κ1) is 21.4. The molecule has 1 aliphatic rings. The normalized spacial score (nSPS) is 15.3. The summed E-state index contributed by atoms with van der Waals surface area (Å²) < 4.78 is 51.7. The molecule has 0 bridgehead atoms. The summed E-state index contributed by atoms with van der Waals surface area (Å²) in [5.41, 5.74) is 0.515. The highest BCUT2D eigenvalue weighted by Crippen LogP contribution is 2.36. The number of hydrogen-bond donors (Lipinski definition) is 0. The molecule has 1 aliphatic heterocycles. The minimum Gasteiger partial charge on any atom is -0.494 e. The van der Waals surface area contributed by atoms with Gasteiger partial charge >= 0.3 is 0 Å². The van der Waals surface area contributed by atoms with Gasteiger partial charge in [0.1, 0.15) is 11.6 Å². The molecule has 0 radical (unpaired) electrons. The van der Waals surface area contributed by atoms with Gasteiger partial charge in [0.05, 0.1) is 11.5 Å². The summed E-state index contributed by atoms with van der Waals surface area (Å²) >= 11 is 0. The van der Waals surface area contributed by atoms with Gasteiger partial charge in [-0.25, -0.2) is 12.8 Å². The SMILES string of the molecule is CCOc1ccc(S(=O)(=O)c2nc(-c3ccc(F)cc3)oc2N2CCC(C)CC2)cc1. The van der Waals surface area contributed by atoms with Crippen molar-refractivity contribution >= 4 is 15.7 Å². The number of nitrogens with zero attached hydrogens (tertiary/aromatic N) is 2. The van der Waals surface area contributed by atoms with Crippen LogP contribution in [0.3, 0.4) is 0 Å². The molecule has 1 saturated heterocycles. The van der Waals surface area contributed by atoms with E-state index in [-0.39, 0.29) is 27.5 Å². The molecule has 0 amide bonds. The summed E-state index contributed by atoms with van der Waals surface area (Å²) in [6, 6.07) is 11.9. The molecule has 0 spiro atoms. The van der Waals surface area contributed by atoms with Crippen molar-refractivity contribution in [3.05, 3.63) is 54.3 Å². The average Bonchev–Trinajstić information content (AvgIpc) is 3.22. The molecular weight excluding hydrogens is 419 g/mol. The van der Waals surface area contributed by atoms with E-state index in [2.05, 4.69) is 11.9 Å². The second kappa shape index (κ2) is 8.70. The van der Waals surface area contributed by atoms with Crippen LogP contribution in [-0.2, 0) is 9.84 Å². The Morgan fingerprint density at radius 2 is 1.74 bits per heavy atom. The third-order valence-corrected chi connectivity index (χ3v) is 7.11. The van der Waals surface area contributed by atoms with E-state index in [0.29, 0.717) is 36.9 Å². The second-order valence-corrected chi connectivity index (χ2v) is 9.58. The summed E-state index contributed by atoms with van der Waals surface area (Å²) in [6.45, 7) is 5.91. The number of piperidine rings is 1. The molecular formula is C23H25FN2O4S. The maximum atomic E-state index is 13.5. The highest BCUT2D eigenvalue weighted by Gasteiger charge is 2.32.